The molecule has 1 aliphatic carbocycles. The Labute approximate surface area is 154 Å². The molecule has 0 aromatic heterocycles. The van der Waals surface area contributed by atoms with Crippen LogP contribution in [0.15, 0.2) is 30.3 Å². The third-order valence-corrected chi connectivity index (χ3v) is 5.50. The lowest BCUT2D eigenvalue weighted by Gasteiger charge is -2.29. The molecule has 0 bridgehead atoms. The van der Waals surface area contributed by atoms with Gasteiger partial charge in [0.1, 0.15) is 6.10 Å². The van der Waals surface area contributed by atoms with E-state index in [-0.39, 0.29) is 29.4 Å². The van der Waals surface area contributed by atoms with Crippen molar-refractivity contribution < 1.29 is 14.3 Å². The normalized spacial score (nSPS) is 21.2. The molecule has 0 spiro atoms. The van der Waals surface area contributed by atoms with Crippen molar-refractivity contribution >= 4 is 23.8 Å². The third kappa shape index (κ3) is 6.98. The number of hydrogen-bond donors (Lipinski definition) is 2. The quantitative estimate of drug-likeness (QED) is 0.727. The highest BCUT2D eigenvalue weighted by Crippen LogP contribution is 2.24. The monoisotopic (exact) mass is 364 g/mol. The highest BCUT2D eigenvalue weighted by molar-refractivity contribution is 7.99. The molecule has 6 heteroatoms. The van der Waals surface area contributed by atoms with Crippen molar-refractivity contribution in [3.05, 3.63) is 35.9 Å². The smallest absolute Gasteiger partial charge is 0.319 e. The summed E-state index contributed by atoms with van der Waals surface area (Å²) in [6.07, 6.45) is 3.28. The van der Waals surface area contributed by atoms with Gasteiger partial charge in [-0.2, -0.15) is 0 Å². The molecule has 2 amide bonds. The Morgan fingerprint density at radius 1 is 1.20 bits per heavy atom. The average Bonchev–Trinajstić information content (AvgIpc) is 2.62. The van der Waals surface area contributed by atoms with Gasteiger partial charge in [0.2, 0.25) is 0 Å². The minimum Gasteiger partial charge on any atom is -0.462 e. The Bertz CT molecular complexity index is 545. The summed E-state index contributed by atoms with van der Waals surface area (Å²) in [7, 11) is 0. The molecule has 1 unspecified atom stereocenters. The first-order valence-electron chi connectivity index (χ1n) is 8.99. The number of carbonyl (C=O) groups excluding carboxylic acids is 2. The molecule has 2 rings (SSSR count). The second-order valence-corrected chi connectivity index (χ2v) is 7.68. The summed E-state index contributed by atoms with van der Waals surface area (Å²) >= 11 is 1.60. The second-order valence-electron chi connectivity index (χ2n) is 6.35. The number of ether oxygens (including phenoxy) is 1. The lowest BCUT2D eigenvalue weighted by Crippen LogP contribution is -2.44. The van der Waals surface area contributed by atoms with Gasteiger partial charge in [-0.25, -0.2) is 4.79 Å². The fraction of sp³-hybridized carbons (Fsp3) is 0.579. The molecule has 0 radical (unpaired) electrons. The molecular weight excluding hydrogens is 336 g/mol. The van der Waals surface area contributed by atoms with Crippen LogP contribution in [0.2, 0.25) is 0 Å². The molecule has 1 aromatic rings. The lowest BCUT2D eigenvalue weighted by molar-refractivity contribution is -0.149. The Balaban J connectivity index is 1.66. The fourth-order valence-electron chi connectivity index (χ4n) is 2.85. The summed E-state index contributed by atoms with van der Waals surface area (Å²) in [5.41, 5.74) is 1.21. The maximum atomic E-state index is 12.3. The first-order chi connectivity index (χ1) is 12.1. The van der Waals surface area contributed by atoms with Gasteiger partial charge in [0, 0.05) is 18.3 Å². The summed E-state index contributed by atoms with van der Waals surface area (Å²) in [6.45, 7) is 4.42. The number of carbonyl (C=O) groups is 2. The van der Waals surface area contributed by atoms with Crippen LogP contribution >= 0.6 is 11.8 Å². The summed E-state index contributed by atoms with van der Waals surface area (Å²) in [4.78, 5) is 23.8. The van der Waals surface area contributed by atoms with Gasteiger partial charge in [-0.1, -0.05) is 30.3 Å². The Morgan fingerprint density at radius 2 is 1.88 bits per heavy atom. The predicted octanol–water partition coefficient (Wildman–Crippen LogP) is 3.48. The number of nitrogens with one attached hydrogen (secondary N) is 2. The van der Waals surface area contributed by atoms with Gasteiger partial charge < -0.3 is 15.4 Å². The summed E-state index contributed by atoms with van der Waals surface area (Å²) < 4.78 is 5.65. The van der Waals surface area contributed by atoms with Gasteiger partial charge in [0.15, 0.2) is 0 Å². The van der Waals surface area contributed by atoms with Gasteiger partial charge in [-0.15, -0.1) is 11.8 Å². The van der Waals surface area contributed by atoms with E-state index in [4.69, 9.17) is 4.74 Å². The van der Waals surface area contributed by atoms with E-state index in [2.05, 4.69) is 22.8 Å². The lowest BCUT2D eigenvalue weighted by atomic mass is 9.93. The standard InChI is InChI=1S/C19H28N2O3S/c1-3-20-19(23)21-16-9-11-17(12-10-16)24-18(22)14(2)25-13-15-7-5-4-6-8-15/h4-8,14,16-17H,3,9-13H2,1-2H3,(H2,20,21,23). The van der Waals surface area contributed by atoms with Crippen LogP contribution in [0.1, 0.15) is 45.1 Å². The fourth-order valence-corrected chi connectivity index (χ4v) is 3.67. The number of esters is 1. The first-order valence-corrected chi connectivity index (χ1v) is 10.0. The van der Waals surface area contributed by atoms with E-state index in [9.17, 15) is 9.59 Å². The summed E-state index contributed by atoms with van der Waals surface area (Å²) in [5, 5.41) is 5.53. The van der Waals surface area contributed by atoms with Crippen molar-refractivity contribution in [1.82, 2.24) is 10.6 Å². The topological polar surface area (TPSA) is 67.4 Å². The van der Waals surface area contributed by atoms with E-state index in [1.807, 2.05) is 32.0 Å². The first kappa shape index (κ1) is 19.6. The van der Waals surface area contributed by atoms with E-state index in [0.29, 0.717) is 6.54 Å². The van der Waals surface area contributed by atoms with Crippen molar-refractivity contribution in [3.8, 4) is 0 Å². The minimum atomic E-state index is -0.175. The van der Waals surface area contributed by atoms with E-state index in [1.54, 1.807) is 11.8 Å². The number of amides is 2. The van der Waals surface area contributed by atoms with Crippen molar-refractivity contribution in [2.45, 2.75) is 62.7 Å². The van der Waals surface area contributed by atoms with Crippen LogP contribution in [-0.2, 0) is 15.3 Å². The molecule has 1 atom stereocenters. The van der Waals surface area contributed by atoms with Crippen molar-refractivity contribution in [3.63, 3.8) is 0 Å². The molecule has 2 N–H and O–H groups in total. The summed E-state index contributed by atoms with van der Waals surface area (Å²) in [6, 6.07) is 10.2. The largest absolute Gasteiger partial charge is 0.462 e. The molecule has 1 saturated carbocycles. The molecule has 0 aliphatic heterocycles. The van der Waals surface area contributed by atoms with Gasteiger partial charge in [-0.3, -0.25) is 4.79 Å². The molecule has 0 saturated heterocycles. The maximum Gasteiger partial charge on any atom is 0.319 e. The van der Waals surface area contributed by atoms with E-state index >= 15 is 0 Å². The van der Waals surface area contributed by atoms with Crippen molar-refractivity contribution in [2.75, 3.05) is 6.54 Å². The Morgan fingerprint density at radius 3 is 2.52 bits per heavy atom. The molecule has 25 heavy (non-hydrogen) atoms. The third-order valence-electron chi connectivity index (χ3n) is 4.30. The number of thioether (sulfide) groups is 1. The highest BCUT2D eigenvalue weighted by Gasteiger charge is 2.26. The number of rotatable bonds is 7. The SMILES string of the molecule is CCNC(=O)NC1CCC(OC(=O)C(C)SCc2ccccc2)CC1. The van der Waals surface area contributed by atoms with Gasteiger partial charge in [0.05, 0.1) is 5.25 Å². The molecule has 1 aromatic carbocycles. The molecule has 5 nitrogen and oxygen atoms in total. The van der Waals surface area contributed by atoms with Crippen LogP contribution in [0.25, 0.3) is 0 Å². The van der Waals surface area contributed by atoms with E-state index in [1.165, 1.54) is 5.56 Å². The second kappa shape index (κ2) is 10.3. The van der Waals surface area contributed by atoms with Crippen LogP contribution < -0.4 is 10.6 Å². The van der Waals surface area contributed by atoms with Crippen LogP contribution in [0, 0.1) is 0 Å². The van der Waals surface area contributed by atoms with Crippen LogP contribution in [-0.4, -0.2) is 35.9 Å². The van der Waals surface area contributed by atoms with Crippen molar-refractivity contribution in [1.29, 1.82) is 0 Å². The highest BCUT2D eigenvalue weighted by atomic mass is 32.2. The van der Waals surface area contributed by atoms with E-state index in [0.717, 1.165) is 31.4 Å². The van der Waals surface area contributed by atoms with Crippen LogP contribution in [0.3, 0.4) is 0 Å². The average molecular weight is 365 g/mol. The van der Waals surface area contributed by atoms with Crippen molar-refractivity contribution in [2.24, 2.45) is 0 Å². The zero-order valence-electron chi connectivity index (χ0n) is 15.0. The number of hydrogen-bond acceptors (Lipinski definition) is 4. The zero-order valence-corrected chi connectivity index (χ0v) is 15.8. The molecule has 1 fully saturated rings. The predicted molar refractivity (Wildman–Crippen MR) is 102 cm³/mol. The van der Waals surface area contributed by atoms with Crippen LogP contribution in [0.5, 0.6) is 0 Å². The molecule has 1 aliphatic rings. The maximum absolute atomic E-state index is 12.3. The molecule has 0 heterocycles. The van der Waals surface area contributed by atoms with Gasteiger partial charge >= 0.3 is 12.0 Å². The van der Waals surface area contributed by atoms with Gasteiger partial charge in [0.25, 0.3) is 0 Å². The van der Waals surface area contributed by atoms with Gasteiger partial charge in [-0.05, 0) is 45.1 Å². The molecular formula is C19H28N2O3S. The molecule has 138 valence electrons. The van der Waals surface area contributed by atoms with Crippen LogP contribution in [0.4, 0.5) is 4.79 Å². The summed E-state index contributed by atoms with van der Waals surface area (Å²) in [5.74, 6) is 0.668. The minimum absolute atomic E-state index is 0.0282. The number of benzene rings is 1. The number of urea groups is 1. The Kier molecular flexibility index (Phi) is 8.12. The van der Waals surface area contributed by atoms with E-state index < -0.39 is 0 Å². The zero-order chi connectivity index (χ0) is 18.1. The Hall–Kier alpha value is -1.69.